The molecule has 0 aromatic rings. The Labute approximate surface area is 86.5 Å². The lowest BCUT2D eigenvalue weighted by atomic mass is 9.97. The number of rotatable bonds is 4. The molecule has 0 heterocycles. The van der Waals surface area contributed by atoms with Crippen LogP contribution < -0.4 is 5.32 Å². The van der Waals surface area contributed by atoms with E-state index in [4.69, 9.17) is 5.11 Å². The van der Waals surface area contributed by atoms with Crippen molar-refractivity contribution in [3.8, 4) is 0 Å². The summed E-state index contributed by atoms with van der Waals surface area (Å²) >= 11 is 0. The SMILES string of the molecule is CC(NC1CCCC1CO)C(C)(C)O. The van der Waals surface area contributed by atoms with Crippen molar-refractivity contribution in [2.75, 3.05) is 6.61 Å². The number of aliphatic hydroxyl groups is 2. The highest BCUT2D eigenvalue weighted by atomic mass is 16.3. The summed E-state index contributed by atoms with van der Waals surface area (Å²) in [6.07, 6.45) is 3.40. The molecule has 0 amide bonds. The molecule has 0 aromatic heterocycles. The van der Waals surface area contributed by atoms with Gasteiger partial charge in [-0.1, -0.05) is 6.42 Å². The average Bonchev–Trinajstić information content (AvgIpc) is 2.50. The third kappa shape index (κ3) is 2.94. The predicted octanol–water partition coefficient (Wildman–Crippen LogP) is 0.896. The zero-order valence-electron chi connectivity index (χ0n) is 9.45. The Morgan fingerprint density at radius 2 is 2.07 bits per heavy atom. The predicted molar refractivity (Wildman–Crippen MR) is 57.1 cm³/mol. The van der Waals surface area contributed by atoms with Crippen LogP contribution in [-0.4, -0.2) is 34.5 Å². The van der Waals surface area contributed by atoms with Crippen LogP contribution in [-0.2, 0) is 0 Å². The molecule has 1 aliphatic rings. The van der Waals surface area contributed by atoms with E-state index >= 15 is 0 Å². The van der Waals surface area contributed by atoms with Crippen molar-refractivity contribution in [1.82, 2.24) is 5.32 Å². The molecule has 0 radical (unpaired) electrons. The van der Waals surface area contributed by atoms with Crippen LogP contribution in [0.2, 0.25) is 0 Å². The zero-order chi connectivity index (χ0) is 10.8. The number of hydrogen-bond donors (Lipinski definition) is 3. The maximum Gasteiger partial charge on any atom is 0.0741 e. The maximum absolute atomic E-state index is 9.78. The fourth-order valence-corrected chi connectivity index (χ4v) is 2.00. The molecule has 0 spiro atoms. The Balaban J connectivity index is 2.43. The molecule has 84 valence electrons. The molecule has 0 bridgehead atoms. The minimum atomic E-state index is -0.692. The van der Waals surface area contributed by atoms with Gasteiger partial charge < -0.3 is 15.5 Å². The van der Waals surface area contributed by atoms with Crippen molar-refractivity contribution >= 4 is 0 Å². The summed E-state index contributed by atoms with van der Waals surface area (Å²) in [5.41, 5.74) is -0.692. The Kier molecular flexibility index (Phi) is 3.93. The van der Waals surface area contributed by atoms with E-state index in [1.807, 2.05) is 20.8 Å². The fourth-order valence-electron chi connectivity index (χ4n) is 2.00. The van der Waals surface area contributed by atoms with Crippen LogP contribution in [0.5, 0.6) is 0 Å². The van der Waals surface area contributed by atoms with Crippen LogP contribution in [0.1, 0.15) is 40.0 Å². The van der Waals surface area contributed by atoms with Gasteiger partial charge in [0.25, 0.3) is 0 Å². The Morgan fingerprint density at radius 1 is 1.43 bits per heavy atom. The van der Waals surface area contributed by atoms with Gasteiger partial charge in [-0.05, 0) is 39.5 Å². The van der Waals surface area contributed by atoms with Crippen molar-refractivity contribution in [2.45, 2.75) is 57.7 Å². The van der Waals surface area contributed by atoms with Crippen molar-refractivity contribution in [2.24, 2.45) is 5.92 Å². The lowest BCUT2D eigenvalue weighted by Gasteiger charge is -2.31. The summed E-state index contributed by atoms with van der Waals surface area (Å²) in [4.78, 5) is 0. The van der Waals surface area contributed by atoms with Crippen molar-refractivity contribution in [1.29, 1.82) is 0 Å². The standard InChI is InChI=1S/C11H23NO2/c1-8(11(2,3)14)12-10-6-4-5-9(10)7-13/h8-10,12-14H,4-7H2,1-3H3. The maximum atomic E-state index is 9.78. The second kappa shape index (κ2) is 4.60. The average molecular weight is 201 g/mol. The Bertz CT molecular complexity index is 177. The largest absolute Gasteiger partial charge is 0.396 e. The highest BCUT2D eigenvalue weighted by Crippen LogP contribution is 2.26. The third-order valence-corrected chi connectivity index (χ3v) is 3.42. The van der Waals surface area contributed by atoms with E-state index in [-0.39, 0.29) is 12.6 Å². The molecule has 1 aliphatic carbocycles. The van der Waals surface area contributed by atoms with Crippen LogP contribution in [0.25, 0.3) is 0 Å². The first kappa shape index (κ1) is 12.0. The van der Waals surface area contributed by atoms with E-state index in [1.165, 1.54) is 6.42 Å². The molecule has 1 saturated carbocycles. The van der Waals surface area contributed by atoms with Gasteiger partial charge in [0, 0.05) is 18.7 Å². The first-order valence-corrected chi connectivity index (χ1v) is 5.54. The van der Waals surface area contributed by atoms with Crippen LogP contribution in [0.4, 0.5) is 0 Å². The van der Waals surface area contributed by atoms with E-state index in [0.717, 1.165) is 12.8 Å². The third-order valence-electron chi connectivity index (χ3n) is 3.42. The molecular weight excluding hydrogens is 178 g/mol. The summed E-state index contributed by atoms with van der Waals surface area (Å²) in [6, 6.07) is 0.445. The molecule has 3 nitrogen and oxygen atoms in total. The number of nitrogens with one attached hydrogen (secondary N) is 1. The summed E-state index contributed by atoms with van der Waals surface area (Å²) < 4.78 is 0. The first-order valence-electron chi connectivity index (χ1n) is 5.54. The van der Waals surface area contributed by atoms with Crippen molar-refractivity contribution in [3.63, 3.8) is 0 Å². The Morgan fingerprint density at radius 3 is 2.57 bits per heavy atom. The smallest absolute Gasteiger partial charge is 0.0741 e. The molecular formula is C11H23NO2. The summed E-state index contributed by atoms with van der Waals surface area (Å²) in [7, 11) is 0. The number of aliphatic hydroxyl groups excluding tert-OH is 1. The second-order valence-electron chi connectivity index (χ2n) is 5.02. The molecule has 3 N–H and O–H groups in total. The van der Waals surface area contributed by atoms with Crippen LogP contribution >= 0.6 is 0 Å². The quantitative estimate of drug-likeness (QED) is 0.633. The van der Waals surface area contributed by atoms with Crippen LogP contribution in [0.3, 0.4) is 0 Å². The lowest BCUT2D eigenvalue weighted by Crippen LogP contribution is -2.50. The van der Waals surface area contributed by atoms with Crippen molar-refractivity contribution in [3.05, 3.63) is 0 Å². The molecule has 0 aromatic carbocycles. The van der Waals surface area contributed by atoms with Gasteiger partial charge in [-0.3, -0.25) is 0 Å². The summed E-state index contributed by atoms with van der Waals surface area (Å²) in [6.45, 7) is 5.88. The van der Waals surface area contributed by atoms with Gasteiger partial charge in [-0.2, -0.15) is 0 Å². The highest BCUT2D eigenvalue weighted by Gasteiger charge is 2.31. The minimum absolute atomic E-state index is 0.0691. The van der Waals surface area contributed by atoms with Gasteiger partial charge in [0.2, 0.25) is 0 Å². The second-order valence-corrected chi connectivity index (χ2v) is 5.02. The van der Waals surface area contributed by atoms with Gasteiger partial charge >= 0.3 is 0 Å². The molecule has 1 fully saturated rings. The summed E-state index contributed by atoms with van der Waals surface area (Å²) in [5, 5.41) is 22.3. The van der Waals surface area contributed by atoms with Gasteiger partial charge in [-0.25, -0.2) is 0 Å². The highest BCUT2D eigenvalue weighted by molar-refractivity contribution is 4.89. The topological polar surface area (TPSA) is 52.5 Å². The molecule has 1 rings (SSSR count). The molecule has 14 heavy (non-hydrogen) atoms. The van der Waals surface area contributed by atoms with Gasteiger partial charge in [-0.15, -0.1) is 0 Å². The van der Waals surface area contributed by atoms with E-state index < -0.39 is 5.60 Å². The molecule has 3 heteroatoms. The van der Waals surface area contributed by atoms with E-state index in [9.17, 15) is 5.11 Å². The molecule has 3 unspecified atom stereocenters. The normalized spacial score (nSPS) is 30.6. The minimum Gasteiger partial charge on any atom is -0.396 e. The van der Waals surface area contributed by atoms with E-state index in [2.05, 4.69) is 5.32 Å². The Hall–Kier alpha value is -0.120. The van der Waals surface area contributed by atoms with E-state index in [1.54, 1.807) is 0 Å². The fraction of sp³-hybridized carbons (Fsp3) is 1.00. The zero-order valence-corrected chi connectivity index (χ0v) is 9.45. The monoisotopic (exact) mass is 201 g/mol. The molecule has 3 atom stereocenters. The van der Waals surface area contributed by atoms with Crippen LogP contribution in [0, 0.1) is 5.92 Å². The van der Waals surface area contributed by atoms with Gasteiger partial charge in [0.1, 0.15) is 0 Å². The van der Waals surface area contributed by atoms with Crippen LogP contribution in [0.15, 0.2) is 0 Å². The summed E-state index contributed by atoms with van der Waals surface area (Å²) in [5.74, 6) is 0.375. The first-order chi connectivity index (χ1) is 6.45. The van der Waals surface area contributed by atoms with E-state index in [0.29, 0.717) is 12.0 Å². The lowest BCUT2D eigenvalue weighted by molar-refractivity contribution is 0.0357. The van der Waals surface area contributed by atoms with Crippen molar-refractivity contribution < 1.29 is 10.2 Å². The number of hydrogen-bond acceptors (Lipinski definition) is 3. The molecule has 0 aliphatic heterocycles. The van der Waals surface area contributed by atoms with Gasteiger partial charge in [0.15, 0.2) is 0 Å². The van der Waals surface area contributed by atoms with Gasteiger partial charge in [0.05, 0.1) is 5.60 Å². The molecule has 0 saturated heterocycles.